The fourth-order valence-electron chi connectivity index (χ4n) is 4.31. The number of nitrogens with one attached hydrogen (secondary N) is 1. The van der Waals surface area contributed by atoms with E-state index in [0.717, 1.165) is 14.7 Å². The second-order valence-electron chi connectivity index (χ2n) is 7.59. The van der Waals surface area contributed by atoms with Gasteiger partial charge in [0, 0.05) is 20.5 Å². The van der Waals surface area contributed by atoms with Gasteiger partial charge in [-0.25, -0.2) is 9.69 Å². The molecule has 0 saturated carbocycles. The highest BCUT2D eigenvalue weighted by molar-refractivity contribution is 6.17. The van der Waals surface area contributed by atoms with Crippen LogP contribution in [0.5, 0.6) is 0 Å². The normalized spacial score (nSPS) is 32.5. The largest absolute Gasteiger partial charge is 0.328 e. The van der Waals surface area contributed by atoms with Gasteiger partial charge in [0.1, 0.15) is 18.1 Å². The van der Waals surface area contributed by atoms with Gasteiger partial charge in [0.2, 0.25) is 29.5 Å². The van der Waals surface area contributed by atoms with Gasteiger partial charge in [-0.05, 0) is 0 Å². The van der Waals surface area contributed by atoms with Crippen LogP contribution in [0.1, 0.15) is 19.3 Å². The van der Waals surface area contributed by atoms with Crippen LogP contribution in [0.15, 0.2) is 0 Å². The molecule has 0 bridgehead atoms. The van der Waals surface area contributed by atoms with Crippen molar-refractivity contribution in [2.45, 2.75) is 37.4 Å². The minimum Gasteiger partial charge on any atom is -0.299 e. The van der Waals surface area contributed by atoms with Crippen molar-refractivity contribution in [3.8, 4) is 0 Å². The van der Waals surface area contributed by atoms with Crippen LogP contribution in [-0.2, 0) is 33.6 Å². The molecular formula is C17H17N5O8. The zero-order chi connectivity index (χ0) is 22.1. The molecular weight excluding hydrogens is 402 g/mol. The lowest BCUT2D eigenvalue weighted by Gasteiger charge is -2.28. The first-order chi connectivity index (χ1) is 14.0. The summed E-state index contributed by atoms with van der Waals surface area (Å²) in [6, 6.07) is -5.39. The number of likely N-dealkylation sites (N-methyl/N-ethyl adjacent to an activating group) is 1. The van der Waals surface area contributed by atoms with E-state index in [2.05, 4.69) is 0 Å². The van der Waals surface area contributed by atoms with E-state index >= 15 is 0 Å². The average molecular weight is 419 g/mol. The lowest BCUT2D eigenvalue weighted by molar-refractivity contribution is -0.143. The number of nitrogens with zero attached hydrogens (tertiary/aromatic N) is 4. The molecule has 158 valence electrons. The smallest absolute Gasteiger partial charge is 0.299 e. The third-order valence-electron chi connectivity index (χ3n) is 5.96. The zero-order valence-corrected chi connectivity index (χ0v) is 16.0. The maximum atomic E-state index is 13.2. The van der Waals surface area contributed by atoms with Crippen LogP contribution >= 0.6 is 0 Å². The molecule has 4 saturated heterocycles. The second kappa shape index (κ2) is 6.43. The monoisotopic (exact) mass is 419 g/mol. The van der Waals surface area contributed by atoms with Crippen molar-refractivity contribution in [1.29, 1.82) is 0 Å². The number of urea groups is 1. The summed E-state index contributed by atoms with van der Waals surface area (Å²) in [5, 5.41) is 2.00. The molecule has 9 amide bonds. The summed E-state index contributed by atoms with van der Waals surface area (Å²) in [6.07, 6.45) is -1.23. The maximum absolute atomic E-state index is 13.2. The number of carbonyl (C=O) groups is 8. The standard InChI is InChI=1S/C17H17N5O8/c1-19-10(24)3-6(14(19)27)12-16(29)22(7-4-9(23)18-13(7)26)17(30)21(12)8-5-11(25)20(2)15(8)28/h6-8,12H,3-5H2,1-2H3,(H,18,23,26). The van der Waals surface area contributed by atoms with Crippen molar-refractivity contribution in [1.82, 2.24) is 24.9 Å². The van der Waals surface area contributed by atoms with E-state index in [0.29, 0.717) is 4.90 Å². The van der Waals surface area contributed by atoms with Gasteiger partial charge in [-0.15, -0.1) is 0 Å². The van der Waals surface area contributed by atoms with E-state index in [-0.39, 0.29) is 6.42 Å². The van der Waals surface area contributed by atoms with E-state index in [1.165, 1.54) is 14.1 Å². The third-order valence-corrected chi connectivity index (χ3v) is 5.96. The van der Waals surface area contributed by atoms with Crippen molar-refractivity contribution in [2.75, 3.05) is 14.1 Å². The van der Waals surface area contributed by atoms with E-state index in [1.807, 2.05) is 5.32 Å². The Morgan fingerprint density at radius 2 is 1.33 bits per heavy atom. The third kappa shape index (κ3) is 2.54. The summed E-state index contributed by atoms with van der Waals surface area (Å²) in [4.78, 5) is 102. The van der Waals surface area contributed by atoms with Crippen molar-refractivity contribution in [2.24, 2.45) is 5.92 Å². The topological polar surface area (TPSA) is 162 Å². The SMILES string of the molecule is CN1C(=O)CC(C2C(=O)N(C3CC(=O)NC3=O)C(=O)N2C2CC(=O)N(C)C2=O)C1=O. The van der Waals surface area contributed by atoms with Gasteiger partial charge in [-0.2, -0.15) is 0 Å². The first-order valence-corrected chi connectivity index (χ1v) is 9.14. The van der Waals surface area contributed by atoms with Gasteiger partial charge >= 0.3 is 6.03 Å². The zero-order valence-electron chi connectivity index (χ0n) is 16.0. The summed E-state index contributed by atoms with van der Waals surface area (Å²) in [5.74, 6) is -6.38. The quantitative estimate of drug-likeness (QED) is 0.369. The number of hydrogen-bond acceptors (Lipinski definition) is 8. The number of carbonyl (C=O) groups excluding carboxylic acids is 8. The lowest BCUT2D eigenvalue weighted by Crippen LogP contribution is -2.51. The fraction of sp³-hybridized carbons (Fsp3) is 0.529. The van der Waals surface area contributed by atoms with Gasteiger partial charge in [0.25, 0.3) is 11.8 Å². The maximum Gasteiger partial charge on any atom is 0.328 e. The molecule has 0 aromatic rings. The van der Waals surface area contributed by atoms with Crippen LogP contribution in [-0.4, -0.2) is 99.2 Å². The number of hydrogen-bond donors (Lipinski definition) is 1. The first kappa shape index (κ1) is 19.7. The molecule has 4 aliphatic heterocycles. The van der Waals surface area contributed by atoms with Crippen LogP contribution in [0.25, 0.3) is 0 Å². The molecule has 13 nitrogen and oxygen atoms in total. The molecule has 4 fully saturated rings. The first-order valence-electron chi connectivity index (χ1n) is 9.14. The van der Waals surface area contributed by atoms with E-state index in [1.54, 1.807) is 0 Å². The van der Waals surface area contributed by atoms with Crippen LogP contribution in [0, 0.1) is 5.92 Å². The molecule has 0 aliphatic carbocycles. The highest BCUT2D eigenvalue weighted by Crippen LogP contribution is 2.36. The van der Waals surface area contributed by atoms with Crippen LogP contribution in [0.4, 0.5) is 4.79 Å². The van der Waals surface area contributed by atoms with Crippen LogP contribution < -0.4 is 5.32 Å². The van der Waals surface area contributed by atoms with Crippen LogP contribution in [0.2, 0.25) is 0 Å². The highest BCUT2D eigenvalue weighted by Gasteiger charge is 2.61. The summed E-state index contributed by atoms with van der Waals surface area (Å²) < 4.78 is 0. The Balaban J connectivity index is 1.77. The van der Waals surface area contributed by atoms with E-state index in [4.69, 9.17) is 0 Å². The molecule has 4 heterocycles. The van der Waals surface area contributed by atoms with Crippen molar-refractivity contribution >= 4 is 47.4 Å². The predicted octanol–water partition coefficient (Wildman–Crippen LogP) is -3.20. The molecule has 4 atom stereocenters. The minimum atomic E-state index is -1.55. The van der Waals surface area contributed by atoms with Gasteiger partial charge in [-0.1, -0.05) is 0 Å². The molecule has 4 aliphatic rings. The second-order valence-corrected chi connectivity index (χ2v) is 7.59. The molecule has 0 radical (unpaired) electrons. The summed E-state index contributed by atoms with van der Waals surface area (Å²) in [7, 11) is 2.45. The lowest BCUT2D eigenvalue weighted by atomic mass is 9.95. The number of rotatable bonds is 3. The highest BCUT2D eigenvalue weighted by atomic mass is 16.2. The van der Waals surface area contributed by atoms with Gasteiger partial charge in [-0.3, -0.25) is 53.6 Å². The van der Waals surface area contributed by atoms with Crippen molar-refractivity contribution in [3.05, 3.63) is 0 Å². The number of imide groups is 4. The Labute approximate surface area is 168 Å². The van der Waals surface area contributed by atoms with E-state index in [9.17, 15) is 38.4 Å². The molecule has 30 heavy (non-hydrogen) atoms. The van der Waals surface area contributed by atoms with Gasteiger partial charge in [0.05, 0.1) is 18.8 Å². The van der Waals surface area contributed by atoms with Crippen molar-refractivity contribution in [3.63, 3.8) is 0 Å². The minimum absolute atomic E-state index is 0.371. The number of amides is 9. The molecule has 0 spiro atoms. The van der Waals surface area contributed by atoms with Gasteiger partial charge < -0.3 is 0 Å². The fourth-order valence-corrected chi connectivity index (χ4v) is 4.31. The molecule has 4 rings (SSSR count). The van der Waals surface area contributed by atoms with Crippen LogP contribution in [0.3, 0.4) is 0 Å². The average Bonchev–Trinajstić information content (AvgIpc) is 3.31. The Hall–Kier alpha value is -3.64. The summed E-state index contributed by atoms with van der Waals surface area (Å²) in [5.41, 5.74) is 0. The Kier molecular flexibility index (Phi) is 4.22. The van der Waals surface area contributed by atoms with Gasteiger partial charge in [0.15, 0.2) is 0 Å². The van der Waals surface area contributed by atoms with Crippen molar-refractivity contribution < 1.29 is 38.4 Å². The van der Waals surface area contributed by atoms with E-state index < -0.39 is 84.3 Å². The molecule has 4 unspecified atom stereocenters. The molecule has 0 aromatic heterocycles. The molecule has 13 heteroatoms. The Morgan fingerprint density at radius 1 is 0.733 bits per heavy atom. The summed E-state index contributed by atoms with van der Waals surface area (Å²) in [6.45, 7) is 0. The Morgan fingerprint density at radius 3 is 1.80 bits per heavy atom. The summed E-state index contributed by atoms with van der Waals surface area (Å²) >= 11 is 0. The number of likely N-dealkylation sites (tertiary alicyclic amines) is 2. The Bertz CT molecular complexity index is 902. The predicted molar refractivity (Wildman–Crippen MR) is 91.5 cm³/mol. The molecule has 1 N–H and O–H groups in total. The molecule has 0 aromatic carbocycles.